The SMILES string of the molecule is Cc1cc(-c2cc(-c3cc(S(=O)(=O)N(CC(C)(C)C)OC(=O)C(F)(F)F)ccc3C)cnc2N)on1. The van der Waals surface area contributed by atoms with Gasteiger partial charge in [-0.2, -0.15) is 13.2 Å². The number of nitrogen functional groups attached to an aromatic ring is 1. The average Bonchev–Trinajstić information content (AvgIpc) is 3.18. The molecule has 0 saturated carbocycles. The fourth-order valence-electron chi connectivity index (χ4n) is 3.20. The molecule has 36 heavy (non-hydrogen) atoms. The minimum absolute atomic E-state index is 0.0707. The van der Waals surface area contributed by atoms with E-state index in [9.17, 15) is 26.4 Å². The molecule has 2 N–H and O–H groups in total. The highest BCUT2D eigenvalue weighted by atomic mass is 32.2. The van der Waals surface area contributed by atoms with Gasteiger partial charge in [0.15, 0.2) is 5.76 Å². The van der Waals surface area contributed by atoms with Gasteiger partial charge in [-0.1, -0.05) is 32.0 Å². The fraction of sp³-hybridized carbons (Fsp3) is 0.348. The molecule has 0 atom stereocenters. The van der Waals surface area contributed by atoms with Crippen LogP contribution in [0.15, 0.2) is 45.9 Å². The quantitative estimate of drug-likeness (QED) is 0.459. The molecule has 2 aromatic heterocycles. The van der Waals surface area contributed by atoms with E-state index in [0.29, 0.717) is 33.7 Å². The van der Waals surface area contributed by atoms with Gasteiger partial charge in [0.1, 0.15) is 5.82 Å². The summed E-state index contributed by atoms with van der Waals surface area (Å²) in [6.07, 6.45) is -3.95. The molecule has 0 unspecified atom stereocenters. The van der Waals surface area contributed by atoms with Crippen molar-refractivity contribution in [1.29, 1.82) is 0 Å². The molecule has 0 amide bonds. The number of sulfonamides is 1. The van der Waals surface area contributed by atoms with Gasteiger partial charge in [0.25, 0.3) is 10.0 Å². The molecule has 0 aliphatic carbocycles. The van der Waals surface area contributed by atoms with Gasteiger partial charge in [-0.15, -0.1) is 0 Å². The normalized spacial score (nSPS) is 12.7. The summed E-state index contributed by atoms with van der Waals surface area (Å²) < 4.78 is 70.6. The molecular weight excluding hydrogens is 501 g/mol. The van der Waals surface area contributed by atoms with Crippen LogP contribution in [0.3, 0.4) is 0 Å². The van der Waals surface area contributed by atoms with Gasteiger partial charge in [-0.05, 0) is 53.1 Å². The van der Waals surface area contributed by atoms with Crippen molar-refractivity contribution in [2.45, 2.75) is 45.7 Å². The zero-order chi connectivity index (χ0) is 27.1. The van der Waals surface area contributed by atoms with E-state index in [1.54, 1.807) is 46.8 Å². The molecule has 0 saturated heterocycles. The van der Waals surface area contributed by atoms with Crippen molar-refractivity contribution in [3.8, 4) is 22.5 Å². The summed E-state index contributed by atoms with van der Waals surface area (Å²) in [5.74, 6) is -2.12. The number of benzene rings is 1. The number of nitrogens with two attached hydrogens (primary N) is 1. The van der Waals surface area contributed by atoms with Crippen LogP contribution in [-0.4, -0.2) is 41.7 Å². The summed E-state index contributed by atoms with van der Waals surface area (Å²) >= 11 is 0. The second-order valence-electron chi connectivity index (χ2n) is 9.37. The minimum Gasteiger partial charge on any atom is -0.383 e. The molecule has 9 nitrogen and oxygen atoms in total. The lowest BCUT2D eigenvalue weighted by Crippen LogP contribution is -2.42. The maximum absolute atomic E-state index is 13.3. The largest absolute Gasteiger partial charge is 0.492 e. The van der Waals surface area contributed by atoms with E-state index in [-0.39, 0.29) is 15.2 Å². The summed E-state index contributed by atoms with van der Waals surface area (Å²) in [6, 6.07) is 7.26. The van der Waals surface area contributed by atoms with Gasteiger partial charge in [0.05, 0.1) is 22.7 Å². The number of aromatic nitrogens is 2. The minimum atomic E-state index is -5.38. The average molecular weight is 527 g/mol. The molecule has 0 radical (unpaired) electrons. The molecule has 0 spiro atoms. The Bertz CT molecular complexity index is 1400. The van der Waals surface area contributed by atoms with Crippen LogP contribution in [0, 0.1) is 19.3 Å². The lowest BCUT2D eigenvalue weighted by molar-refractivity contribution is -0.224. The number of carbonyl (C=O) groups excluding carboxylic acids is 1. The van der Waals surface area contributed by atoms with Crippen LogP contribution in [0.1, 0.15) is 32.0 Å². The van der Waals surface area contributed by atoms with E-state index in [1.807, 2.05) is 0 Å². The van der Waals surface area contributed by atoms with Crippen LogP contribution in [0.4, 0.5) is 19.0 Å². The Morgan fingerprint density at radius 1 is 1.11 bits per heavy atom. The third-order valence-electron chi connectivity index (χ3n) is 4.92. The third kappa shape index (κ3) is 6.02. The van der Waals surface area contributed by atoms with Crippen molar-refractivity contribution in [3.05, 3.63) is 47.8 Å². The third-order valence-corrected chi connectivity index (χ3v) is 6.51. The summed E-state index contributed by atoms with van der Waals surface area (Å²) in [5, 5.41) is 3.83. The van der Waals surface area contributed by atoms with E-state index in [2.05, 4.69) is 15.0 Å². The van der Waals surface area contributed by atoms with Crippen LogP contribution in [0.2, 0.25) is 0 Å². The number of hydrogen-bond donors (Lipinski definition) is 1. The predicted molar refractivity (Wildman–Crippen MR) is 125 cm³/mol. The second-order valence-corrected chi connectivity index (χ2v) is 11.2. The van der Waals surface area contributed by atoms with E-state index in [0.717, 1.165) is 0 Å². The monoisotopic (exact) mass is 526 g/mol. The van der Waals surface area contributed by atoms with Gasteiger partial charge in [0, 0.05) is 17.8 Å². The van der Waals surface area contributed by atoms with E-state index in [4.69, 9.17) is 10.3 Å². The van der Waals surface area contributed by atoms with Crippen LogP contribution < -0.4 is 5.73 Å². The van der Waals surface area contributed by atoms with Crippen molar-refractivity contribution in [2.75, 3.05) is 12.3 Å². The lowest BCUT2D eigenvalue weighted by atomic mass is 9.98. The van der Waals surface area contributed by atoms with Crippen molar-refractivity contribution < 1.29 is 35.7 Å². The smallest absolute Gasteiger partial charge is 0.383 e. The maximum Gasteiger partial charge on any atom is 0.492 e. The molecule has 3 aromatic rings. The zero-order valence-corrected chi connectivity index (χ0v) is 21.0. The highest BCUT2D eigenvalue weighted by Gasteiger charge is 2.45. The van der Waals surface area contributed by atoms with Gasteiger partial charge in [-0.25, -0.2) is 18.2 Å². The summed E-state index contributed by atoms with van der Waals surface area (Å²) in [4.78, 5) is 19.6. The van der Waals surface area contributed by atoms with Crippen molar-refractivity contribution in [1.82, 2.24) is 14.6 Å². The van der Waals surface area contributed by atoms with Crippen LogP contribution in [0.5, 0.6) is 0 Å². The Labute approximate surface area is 206 Å². The molecular formula is C23H25F3N4O5S. The molecule has 0 aliphatic rings. The van der Waals surface area contributed by atoms with E-state index < -0.39 is 34.1 Å². The Kier molecular flexibility index (Phi) is 7.19. The van der Waals surface area contributed by atoms with E-state index >= 15 is 0 Å². The topological polar surface area (TPSA) is 129 Å². The zero-order valence-electron chi connectivity index (χ0n) is 20.2. The second kappa shape index (κ2) is 9.54. The Morgan fingerprint density at radius 2 is 1.78 bits per heavy atom. The van der Waals surface area contributed by atoms with Crippen LogP contribution in [-0.2, 0) is 19.7 Å². The fourth-order valence-corrected chi connectivity index (χ4v) is 4.66. The van der Waals surface area contributed by atoms with Crippen molar-refractivity contribution >= 4 is 21.8 Å². The number of hydroxylamine groups is 1. The number of alkyl halides is 3. The first-order chi connectivity index (χ1) is 16.5. The first kappa shape index (κ1) is 27.1. The van der Waals surface area contributed by atoms with Gasteiger partial charge in [-0.3, -0.25) is 0 Å². The van der Waals surface area contributed by atoms with Gasteiger partial charge < -0.3 is 15.1 Å². The number of aryl methyl sites for hydroxylation is 2. The molecule has 0 bridgehead atoms. The number of rotatable bonds is 6. The molecule has 0 aliphatic heterocycles. The summed E-state index contributed by atoms with van der Waals surface area (Å²) in [7, 11) is -4.69. The number of carbonyl (C=O) groups is 1. The first-order valence-corrected chi connectivity index (χ1v) is 12.0. The number of hydrogen-bond acceptors (Lipinski definition) is 8. The standard InChI is InChI=1S/C23H25F3N4O5S/c1-13-6-7-16(36(32,33)30(12-22(3,4)5)35-21(31)23(24,25)26)10-17(13)15-9-18(20(27)28-11-15)19-8-14(2)29-34-19/h6-11H,12H2,1-5H3,(H2,27,28). The highest BCUT2D eigenvalue weighted by Crippen LogP contribution is 2.34. The summed E-state index contributed by atoms with van der Waals surface area (Å²) in [5.41, 5.74) is 7.72. The molecule has 0 fully saturated rings. The number of pyridine rings is 1. The van der Waals surface area contributed by atoms with Crippen molar-refractivity contribution in [3.63, 3.8) is 0 Å². The van der Waals surface area contributed by atoms with Crippen molar-refractivity contribution in [2.24, 2.45) is 5.41 Å². The highest BCUT2D eigenvalue weighted by molar-refractivity contribution is 7.89. The molecule has 3 rings (SSSR count). The maximum atomic E-state index is 13.3. The number of halogens is 3. The Morgan fingerprint density at radius 3 is 2.33 bits per heavy atom. The Hall–Kier alpha value is -3.45. The predicted octanol–water partition coefficient (Wildman–Crippen LogP) is 4.66. The molecule has 194 valence electrons. The van der Waals surface area contributed by atoms with E-state index in [1.165, 1.54) is 24.4 Å². The van der Waals surface area contributed by atoms with Gasteiger partial charge >= 0.3 is 12.1 Å². The molecule has 13 heteroatoms. The lowest BCUT2D eigenvalue weighted by Gasteiger charge is -2.28. The van der Waals surface area contributed by atoms with Gasteiger partial charge in [0.2, 0.25) is 0 Å². The first-order valence-electron chi connectivity index (χ1n) is 10.6. The number of anilines is 1. The molecule has 2 heterocycles. The van der Waals surface area contributed by atoms with Crippen LogP contribution in [0.25, 0.3) is 22.5 Å². The van der Waals surface area contributed by atoms with Crippen LogP contribution >= 0.6 is 0 Å². The molecule has 1 aromatic carbocycles. The summed E-state index contributed by atoms with van der Waals surface area (Å²) in [6.45, 7) is 7.70. The Balaban J connectivity index is 2.09. The number of nitrogens with zero attached hydrogens (tertiary/aromatic N) is 3.